The van der Waals surface area contributed by atoms with Gasteiger partial charge < -0.3 is 20.1 Å². The molecule has 0 unspecified atom stereocenters. The summed E-state index contributed by atoms with van der Waals surface area (Å²) in [6.45, 7) is 8.21. The second-order valence-corrected chi connectivity index (χ2v) is 5.19. The zero-order valence-electron chi connectivity index (χ0n) is 13.9. The monoisotopic (exact) mass is 322 g/mol. The van der Waals surface area contributed by atoms with Crippen LogP contribution in [0.1, 0.15) is 32.3 Å². The molecule has 1 rings (SSSR count). The minimum atomic E-state index is -0.966. The summed E-state index contributed by atoms with van der Waals surface area (Å²) in [7, 11) is 0. The zero-order valence-corrected chi connectivity index (χ0v) is 13.9. The van der Waals surface area contributed by atoms with Gasteiger partial charge in [0, 0.05) is 19.5 Å². The Balaban J connectivity index is 2.30. The van der Waals surface area contributed by atoms with Crippen LogP contribution in [0.25, 0.3) is 0 Å². The van der Waals surface area contributed by atoms with E-state index in [1.54, 1.807) is 0 Å². The Morgan fingerprint density at radius 2 is 1.78 bits per heavy atom. The molecule has 0 spiro atoms. The number of benzene rings is 1. The van der Waals surface area contributed by atoms with Gasteiger partial charge in [-0.2, -0.15) is 0 Å². The van der Waals surface area contributed by atoms with Crippen molar-refractivity contribution in [3.8, 4) is 5.75 Å². The Morgan fingerprint density at radius 1 is 1.13 bits per heavy atom. The van der Waals surface area contributed by atoms with Crippen molar-refractivity contribution >= 4 is 11.9 Å². The fraction of sp³-hybridized carbons (Fsp3) is 0.529. The molecule has 0 aliphatic carbocycles. The molecule has 0 saturated carbocycles. The maximum Gasteiger partial charge on any atom is 0.303 e. The van der Waals surface area contributed by atoms with Crippen LogP contribution in [0.4, 0.5) is 0 Å². The Labute approximate surface area is 137 Å². The van der Waals surface area contributed by atoms with Crippen LogP contribution in [0.2, 0.25) is 0 Å². The molecule has 2 N–H and O–H groups in total. The van der Waals surface area contributed by atoms with E-state index < -0.39 is 5.97 Å². The van der Waals surface area contributed by atoms with E-state index in [0.29, 0.717) is 13.2 Å². The minimum absolute atomic E-state index is 0.00187. The molecule has 0 heterocycles. The number of likely N-dealkylation sites (N-methyl/N-ethyl adjacent to an activating group) is 1. The van der Waals surface area contributed by atoms with E-state index in [-0.39, 0.29) is 18.7 Å². The number of amides is 1. The van der Waals surface area contributed by atoms with E-state index in [2.05, 4.69) is 24.1 Å². The molecular weight excluding hydrogens is 296 g/mol. The molecule has 0 bridgehead atoms. The van der Waals surface area contributed by atoms with Crippen LogP contribution in [0.3, 0.4) is 0 Å². The SMILES string of the molecule is CCN(CC)CCOc1ccc(CNC(=O)CCC(=O)O)cc1. The summed E-state index contributed by atoms with van der Waals surface area (Å²) < 4.78 is 5.69. The highest BCUT2D eigenvalue weighted by Gasteiger charge is 2.05. The lowest BCUT2D eigenvalue weighted by Gasteiger charge is -2.18. The molecular formula is C17H26N2O4. The molecule has 0 atom stereocenters. The molecule has 0 saturated heterocycles. The smallest absolute Gasteiger partial charge is 0.303 e. The molecule has 128 valence electrons. The Kier molecular flexibility index (Phi) is 8.75. The molecule has 1 aromatic rings. The van der Waals surface area contributed by atoms with Gasteiger partial charge in [0.15, 0.2) is 0 Å². The number of nitrogens with zero attached hydrogens (tertiary/aromatic N) is 1. The van der Waals surface area contributed by atoms with Gasteiger partial charge in [0.25, 0.3) is 0 Å². The third-order valence-electron chi connectivity index (χ3n) is 3.55. The van der Waals surface area contributed by atoms with Gasteiger partial charge in [-0.05, 0) is 30.8 Å². The molecule has 0 aliphatic heterocycles. The predicted molar refractivity (Wildman–Crippen MR) is 88.4 cm³/mol. The van der Waals surface area contributed by atoms with Gasteiger partial charge in [-0.1, -0.05) is 26.0 Å². The molecule has 0 aromatic heterocycles. The molecule has 1 aromatic carbocycles. The lowest BCUT2D eigenvalue weighted by molar-refractivity contribution is -0.138. The summed E-state index contributed by atoms with van der Waals surface area (Å²) in [5.41, 5.74) is 0.949. The molecule has 0 aliphatic rings. The van der Waals surface area contributed by atoms with Crippen LogP contribution < -0.4 is 10.1 Å². The fourth-order valence-electron chi connectivity index (χ4n) is 2.05. The quantitative estimate of drug-likeness (QED) is 0.650. The first-order chi connectivity index (χ1) is 11.0. The number of rotatable bonds is 11. The van der Waals surface area contributed by atoms with Crippen molar-refractivity contribution in [2.75, 3.05) is 26.2 Å². The molecule has 1 amide bonds. The summed E-state index contributed by atoms with van der Waals surface area (Å²) in [5, 5.41) is 11.2. The number of hydrogen-bond donors (Lipinski definition) is 2. The molecule has 23 heavy (non-hydrogen) atoms. The van der Waals surface area contributed by atoms with Gasteiger partial charge in [-0.15, -0.1) is 0 Å². The number of hydrogen-bond acceptors (Lipinski definition) is 4. The highest BCUT2D eigenvalue weighted by atomic mass is 16.5. The lowest BCUT2D eigenvalue weighted by Crippen LogP contribution is -2.27. The van der Waals surface area contributed by atoms with Crippen LogP contribution >= 0.6 is 0 Å². The number of carboxylic acid groups (broad SMARTS) is 1. The van der Waals surface area contributed by atoms with Crippen molar-refractivity contribution in [3.63, 3.8) is 0 Å². The Hall–Kier alpha value is -2.08. The van der Waals surface area contributed by atoms with Gasteiger partial charge in [-0.3, -0.25) is 9.59 Å². The predicted octanol–water partition coefficient (Wildman–Crippen LogP) is 1.89. The van der Waals surface area contributed by atoms with Crippen LogP contribution in [0.15, 0.2) is 24.3 Å². The van der Waals surface area contributed by atoms with E-state index in [0.717, 1.165) is 30.9 Å². The van der Waals surface area contributed by atoms with E-state index in [1.807, 2.05) is 24.3 Å². The zero-order chi connectivity index (χ0) is 17.1. The standard InChI is InChI=1S/C17H26N2O4/c1-3-19(4-2)11-12-23-15-7-5-14(6-8-15)13-18-16(20)9-10-17(21)22/h5-8H,3-4,9-13H2,1-2H3,(H,18,20)(H,21,22). The van der Waals surface area contributed by atoms with E-state index in [4.69, 9.17) is 9.84 Å². The van der Waals surface area contributed by atoms with Crippen molar-refractivity contribution in [1.29, 1.82) is 0 Å². The maximum atomic E-state index is 11.4. The largest absolute Gasteiger partial charge is 0.492 e. The first-order valence-electron chi connectivity index (χ1n) is 7.97. The van der Waals surface area contributed by atoms with Gasteiger partial charge in [-0.25, -0.2) is 0 Å². The van der Waals surface area contributed by atoms with Crippen LogP contribution in [-0.2, 0) is 16.1 Å². The Bertz CT molecular complexity index is 484. The van der Waals surface area contributed by atoms with Gasteiger partial charge in [0.05, 0.1) is 6.42 Å². The second-order valence-electron chi connectivity index (χ2n) is 5.19. The number of nitrogens with one attached hydrogen (secondary N) is 1. The molecule has 0 fully saturated rings. The number of ether oxygens (including phenoxy) is 1. The maximum absolute atomic E-state index is 11.4. The van der Waals surface area contributed by atoms with Crippen molar-refractivity contribution in [2.24, 2.45) is 0 Å². The molecule has 6 nitrogen and oxygen atoms in total. The summed E-state index contributed by atoms with van der Waals surface area (Å²) in [6, 6.07) is 7.54. The number of carbonyl (C=O) groups is 2. The average Bonchev–Trinajstić information content (AvgIpc) is 2.56. The van der Waals surface area contributed by atoms with Crippen molar-refractivity contribution in [3.05, 3.63) is 29.8 Å². The fourth-order valence-corrected chi connectivity index (χ4v) is 2.05. The van der Waals surface area contributed by atoms with Crippen molar-refractivity contribution in [1.82, 2.24) is 10.2 Å². The lowest BCUT2D eigenvalue weighted by atomic mass is 10.2. The van der Waals surface area contributed by atoms with Crippen LogP contribution in [0, 0.1) is 0 Å². The van der Waals surface area contributed by atoms with E-state index >= 15 is 0 Å². The van der Waals surface area contributed by atoms with Crippen LogP contribution in [-0.4, -0.2) is 48.1 Å². The average molecular weight is 322 g/mol. The first kappa shape index (κ1) is 19.0. The minimum Gasteiger partial charge on any atom is -0.492 e. The van der Waals surface area contributed by atoms with Crippen molar-refractivity contribution < 1.29 is 19.4 Å². The van der Waals surface area contributed by atoms with Crippen molar-refractivity contribution in [2.45, 2.75) is 33.2 Å². The second kappa shape index (κ2) is 10.6. The first-order valence-corrected chi connectivity index (χ1v) is 7.97. The third-order valence-corrected chi connectivity index (χ3v) is 3.55. The topological polar surface area (TPSA) is 78.9 Å². The summed E-state index contributed by atoms with van der Waals surface area (Å²) >= 11 is 0. The normalized spacial score (nSPS) is 10.6. The highest BCUT2D eigenvalue weighted by Crippen LogP contribution is 2.12. The molecule has 6 heteroatoms. The highest BCUT2D eigenvalue weighted by molar-refractivity contribution is 5.80. The summed E-state index contributed by atoms with van der Waals surface area (Å²) in [4.78, 5) is 24.1. The summed E-state index contributed by atoms with van der Waals surface area (Å²) in [6.07, 6.45) is -0.146. The number of carbonyl (C=O) groups excluding carboxylic acids is 1. The Morgan fingerprint density at radius 3 is 2.35 bits per heavy atom. The summed E-state index contributed by atoms with van der Waals surface area (Å²) in [5.74, 6) is -0.420. The molecule has 0 radical (unpaired) electrons. The number of carboxylic acids is 1. The third kappa shape index (κ3) is 8.21. The van der Waals surface area contributed by atoms with E-state index in [1.165, 1.54) is 0 Å². The van der Waals surface area contributed by atoms with E-state index in [9.17, 15) is 9.59 Å². The van der Waals surface area contributed by atoms with Gasteiger partial charge >= 0.3 is 5.97 Å². The van der Waals surface area contributed by atoms with Gasteiger partial charge in [0.2, 0.25) is 5.91 Å². The number of aliphatic carboxylic acids is 1. The van der Waals surface area contributed by atoms with Crippen LogP contribution in [0.5, 0.6) is 5.75 Å². The van der Waals surface area contributed by atoms with Gasteiger partial charge in [0.1, 0.15) is 12.4 Å².